The number of carbonyl (C=O) groups excluding carboxylic acids is 1. The van der Waals surface area contributed by atoms with Gasteiger partial charge in [-0.25, -0.2) is 4.79 Å². The molecule has 0 fully saturated rings. The van der Waals surface area contributed by atoms with Crippen molar-refractivity contribution in [2.45, 2.75) is 0 Å². The minimum absolute atomic E-state index is 0.0130. The lowest BCUT2D eigenvalue weighted by Crippen LogP contribution is -2.06. The Morgan fingerprint density at radius 3 is 2.64 bits per heavy atom. The zero-order chi connectivity index (χ0) is 23.4. The number of nitro groups is 1. The molecule has 4 rings (SSSR count). The van der Waals surface area contributed by atoms with E-state index in [0.29, 0.717) is 15.8 Å². The van der Waals surface area contributed by atoms with Gasteiger partial charge in [-0.2, -0.15) is 0 Å². The van der Waals surface area contributed by atoms with Gasteiger partial charge in [-0.05, 0) is 51.8 Å². The van der Waals surface area contributed by atoms with Crippen molar-refractivity contribution in [3.05, 3.63) is 109 Å². The summed E-state index contributed by atoms with van der Waals surface area (Å²) in [7, 11) is 0. The van der Waals surface area contributed by atoms with Crippen molar-refractivity contribution in [3.8, 4) is 17.2 Å². The summed E-state index contributed by atoms with van der Waals surface area (Å²) in [6.07, 6.45) is 3.74. The molecular formula is C24H14BrNO7. The van der Waals surface area contributed by atoms with Crippen LogP contribution in [0.4, 0.5) is 5.69 Å². The van der Waals surface area contributed by atoms with E-state index in [0.717, 1.165) is 6.08 Å². The maximum atomic E-state index is 12.7. The van der Waals surface area contributed by atoms with Crippen molar-refractivity contribution in [2.75, 3.05) is 0 Å². The van der Waals surface area contributed by atoms with E-state index in [2.05, 4.69) is 15.9 Å². The van der Waals surface area contributed by atoms with Crippen LogP contribution in [-0.2, 0) is 4.79 Å². The van der Waals surface area contributed by atoms with Gasteiger partial charge < -0.3 is 13.9 Å². The van der Waals surface area contributed by atoms with E-state index in [1.807, 2.05) is 6.07 Å². The van der Waals surface area contributed by atoms with Gasteiger partial charge in [0, 0.05) is 24.3 Å². The first kappa shape index (κ1) is 22.0. The monoisotopic (exact) mass is 507 g/mol. The van der Waals surface area contributed by atoms with Gasteiger partial charge in [0.1, 0.15) is 23.3 Å². The quantitative estimate of drug-likeness (QED) is 0.105. The van der Waals surface area contributed by atoms with E-state index in [4.69, 9.17) is 13.9 Å². The Hall–Kier alpha value is -4.24. The molecule has 0 amide bonds. The molecule has 9 heteroatoms. The number of fused-ring (bicyclic) bond motifs is 1. The van der Waals surface area contributed by atoms with Crippen molar-refractivity contribution < 1.29 is 23.6 Å². The second-order valence-corrected chi connectivity index (χ2v) is 7.58. The van der Waals surface area contributed by atoms with Gasteiger partial charge in [0.2, 0.25) is 11.2 Å². The minimum atomic E-state index is -0.697. The van der Waals surface area contributed by atoms with E-state index in [1.165, 1.54) is 48.7 Å². The average Bonchev–Trinajstić information content (AvgIpc) is 2.81. The molecular weight excluding hydrogens is 494 g/mol. The number of ether oxygens (including phenoxy) is 2. The van der Waals surface area contributed by atoms with E-state index >= 15 is 0 Å². The van der Waals surface area contributed by atoms with E-state index < -0.39 is 10.9 Å². The lowest BCUT2D eigenvalue weighted by atomic mass is 10.2. The fourth-order valence-corrected chi connectivity index (χ4v) is 3.29. The molecule has 164 valence electrons. The number of nitro benzene ring substituents is 1. The van der Waals surface area contributed by atoms with Gasteiger partial charge in [-0.15, -0.1) is 0 Å². The first-order valence-corrected chi connectivity index (χ1v) is 10.3. The number of esters is 1. The van der Waals surface area contributed by atoms with Gasteiger partial charge in [-0.3, -0.25) is 14.9 Å². The summed E-state index contributed by atoms with van der Waals surface area (Å²) in [5, 5.41) is 11.1. The van der Waals surface area contributed by atoms with Crippen LogP contribution >= 0.6 is 15.9 Å². The van der Waals surface area contributed by atoms with Crippen LogP contribution in [0.25, 0.3) is 17.0 Å². The standard InChI is InChI=1S/C24H14BrNO7/c25-19-6-1-2-7-20(19)33-22-14-31-21-13-17(9-10-18(21)24(22)28)32-23(27)11-8-15-4-3-5-16(12-15)26(29)30/h1-14H. The molecule has 0 spiro atoms. The second kappa shape index (κ2) is 9.49. The number of hydrogen-bond acceptors (Lipinski definition) is 7. The number of halogens is 1. The topological polar surface area (TPSA) is 109 Å². The minimum Gasteiger partial charge on any atom is -0.460 e. The van der Waals surface area contributed by atoms with Crippen molar-refractivity contribution in [3.63, 3.8) is 0 Å². The molecule has 0 aliphatic rings. The summed E-state index contributed by atoms with van der Waals surface area (Å²) in [6, 6.07) is 17.3. The lowest BCUT2D eigenvalue weighted by molar-refractivity contribution is -0.384. The highest BCUT2D eigenvalue weighted by atomic mass is 79.9. The van der Waals surface area contributed by atoms with Gasteiger partial charge in [0.15, 0.2) is 0 Å². The maximum Gasteiger partial charge on any atom is 0.336 e. The van der Waals surface area contributed by atoms with Crippen molar-refractivity contribution in [1.82, 2.24) is 0 Å². The number of benzene rings is 3. The van der Waals surface area contributed by atoms with Crippen LogP contribution in [-0.4, -0.2) is 10.9 Å². The molecule has 8 nitrogen and oxygen atoms in total. The normalized spacial score (nSPS) is 10.9. The summed E-state index contributed by atoms with van der Waals surface area (Å²) < 4.78 is 17.1. The van der Waals surface area contributed by atoms with Crippen LogP contribution in [0.5, 0.6) is 17.2 Å². The highest BCUT2D eigenvalue weighted by Gasteiger charge is 2.12. The molecule has 0 bridgehead atoms. The first-order valence-electron chi connectivity index (χ1n) is 9.53. The Kier molecular flexibility index (Phi) is 6.32. The van der Waals surface area contributed by atoms with Gasteiger partial charge in [0.25, 0.3) is 5.69 Å². The molecule has 0 atom stereocenters. The van der Waals surface area contributed by atoms with Gasteiger partial charge in [0.05, 0.1) is 14.8 Å². The smallest absolute Gasteiger partial charge is 0.336 e. The SMILES string of the molecule is O=C(C=Cc1cccc([N+](=O)[O-])c1)Oc1ccc2c(=O)c(Oc3ccccc3Br)coc2c1. The molecule has 0 unspecified atom stereocenters. The van der Waals surface area contributed by atoms with Crippen LogP contribution in [0, 0.1) is 10.1 Å². The molecule has 0 aliphatic heterocycles. The molecule has 0 saturated carbocycles. The van der Waals surface area contributed by atoms with Gasteiger partial charge in [-0.1, -0.05) is 24.3 Å². The highest BCUT2D eigenvalue weighted by Crippen LogP contribution is 2.29. The summed E-state index contributed by atoms with van der Waals surface area (Å²) in [5.41, 5.74) is 0.226. The Bertz CT molecular complexity index is 1460. The number of hydrogen-bond donors (Lipinski definition) is 0. The van der Waals surface area contributed by atoms with Crippen molar-refractivity contribution >= 4 is 44.6 Å². The second-order valence-electron chi connectivity index (χ2n) is 6.73. The summed E-state index contributed by atoms with van der Waals surface area (Å²) in [4.78, 5) is 35.2. The third-order valence-corrected chi connectivity index (χ3v) is 5.14. The Morgan fingerprint density at radius 1 is 1.03 bits per heavy atom. The van der Waals surface area contributed by atoms with E-state index in [1.54, 1.807) is 24.3 Å². The Morgan fingerprint density at radius 2 is 1.85 bits per heavy atom. The summed E-state index contributed by atoms with van der Waals surface area (Å²) in [5.74, 6) is -0.0554. The molecule has 0 aliphatic carbocycles. The Labute approximate surface area is 195 Å². The first-order chi connectivity index (χ1) is 15.9. The number of rotatable bonds is 6. The number of non-ortho nitro benzene ring substituents is 1. The molecule has 0 saturated heterocycles. The average molecular weight is 508 g/mol. The third-order valence-electron chi connectivity index (χ3n) is 4.48. The zero-order valence-corrected chi connectivity index (χ0v) is 18.4. The van der Waals surface area contributed by atoms with Gasteiger partial charge >= 0.3 is 5.97 Å². The molecule has 3 aromatic carbocycles. The molecule has 4 aromatic rings. The number of carbonyl (C=O) groups is 1. The predicted molar refractivity (Wildman–Crippen MR) is 124 cm³/mol. The van der Waals surface area contributed by atoms with Crippen LogP contribution in [0.3, 0.4) is 0 Å². The largest absolute Gasteiger partial charge is 0.460 e. The van der Waals surface area contributed by atoms with E-state index in [9.17, 15) is 19.7 Å². The van der Waals surface area contributed by atoms with Crippen molar-refractivity contribution in [1.29, 1.82) is 0 Å². The Balaban J connectivity index is 1.51. The third kappa shape index (κ3) is 5.16. The predicted octanol–water partition coefficient (Wildman–Crippen LogP) is 5.87. The molecule has 0 radical (unpaired) electrons. The summed E-state index contributed by atoms with van der Waals surface area (Å²) >= 11 is 3.36. The molecule has 0 N–H and O–H groups in total. The molecule has 1 aromatic heterocycles. The van der Waals surface area contributed by atoms with Crippen LogP contribution in [0.1, 0.15) is 5.56 Å². The van der Waals surface area contributed by atoms with Crippen LogP contribution in [0.15, 0.2) is 92.8 Å². The van der Waals surface area contributed by atoms with E-state index in [-0.39, 0.29) is 33.6 Å². The number of para-hydroxylation sites is 1. The highest BCUT2D eigenvalue weighted by molar-refractivity contribution is 9.10. The molecule has 1 heterocycles. The van der Waals surface area contributed by atoms with Crippen molar-refractivity contribution in [2.24, 2.45) is 0 Å². The maximum absolute atomic E-state index is 12.7. The number of nitrogens with zero attached hydrogens (tertiary/aromatic N) is 1. The zero-order valence-electron chi connectivity index (χ0n) is 16.8. The van der Waals surface area contributed by atoms with Crippen LogP contribution < -0.4 is 14.9 Å². The van der Waals surface area contributed by atoms with Crippen LogP contribution in [0.2, 0.25) is 0 Å². The molecule has 33 heavy (non-hydrogen) atoms. The lowest BCUT2D eigenvalue weighted by Gasteiger charge is -2.08. The summed E-state index contributed by atoms with van der Waals surface area (Å²) in [6.45, 7) is 0. The fourth-order valence-electron chi connectivity index (χ4n) is 2.93. The fraction of sp³-hybridized carbons (Fsp3) is 0.